The first-order chi connectivity index (χ1) is 9.76. The van der Waals surface area contributed by atoms with Gasteiger partial charge in [0.25, 0.3) is 0 Å². The monoisotopic (exact) mass is 285 g/mol. The lowest BCUT2D eigenvalue weighted by molar-refractivity contribution is -0.122. The lowest BCUT2D eigenvalue weighted by Crippen LogP contribution is -2.39. The molecule has 4 nitrogen and oxygen atoms in total. The van der Waals surface area contributed by atoms with Crippen LogP contribution in [0.3, 0.4) is 0 Å². The molecule has 1 amide bonds. The Labute approximate surface area is 123 Å². The van der Waals surface area contributed by atoms with Crippen molar-refractivity contribution in [2.75, 3.05) is 20.3 Å². The average molecular weight is 285 g/mol. The zero-order valence-electron chi connectivity index (χ0n) is 13.2. The van der Waals surface area contributed by atoms with Gasteiger partial charge in [0, 0.05) is 20.1 Å². The van der Waals surface area contributed by atoms with Gasteiger partial charge in [-0.2, -0.15) is 0 Å². The summed E-state index contributed by atoms with van der Waals surface area (Å²) in [5, 5.41) is 3.08. The maximum Gasteiger partial charge on any atom is 0.220 e. The highest BCUT2D eigenvalue weighted by Crippen LogP contribution is 2.12. The molecule has 1 saturated heterocycles. The molecule has 0 aliphatic carbocycles. The standard InChI is InChI=1S/C16H31NO3/c1-3-4-5-6-7-8-9-16(18)17-14-12-15(19-2)10-11-20-13-14/h14-15H,3-13H2,1-2H3,(H,17,18)/t14-,15-/m0/s1. The van der Waals surface area contributed by atoms with Gasteiger partial charge in [-0.05, 0) is 19.3 Å². The zero-order chi connectivity index (χ0) is 14.6. The first kappa shape index (κ1) is 17.4. The minimum atomic E-state index is 0.107. The van der Waals surface area contributed by atoms with Crippen LogP contribution in [0.1, 0.15) is 64.7 Å². The van der Waals surface area contributed by atoms with Crippen LogP contribution >= 0.6 is 0 Å². The molecule has 20 heavy (non-hydrogen) atoms. The Morgan fingerprint density at radius 1 is 1.25 bits per heavy atom. The molecule has 4 heteroatoms. The van der Waals surface area contributed by atoms with Crippen molar-refractivity contribution >= 4 is 5.91 Å². The van der Waals surface area contributed by atoms with Gasteiger partial charge in [0.15, 0.2) is 0 Å². The number of unbranched alkanes of at least 4 members (excludes halogenated alkanes) is 5. The van der Waals surface area contributed by atoms with Crippen molar-refractivity contribution in [2.24, 2.45) is 0 Å². The van der Waals surface area contributed by atoms with Crippen molar-refractivity contribution in [1.29, 1.82) is 0 Å². The van der Waals surface area contributed by atoms with Gasteiger partial charge in [0.2, 0.25) is 5.91 Å². The summed E-state index contributed by atoms with van der Waals surface area (Å²) in [5.41, 5.74) is 0. The molecule has 1 N–H and O–H groups in total. The Bertz CT molecular complexity index is 258. The van der Waals surface area contributed by atoms with Gasteiger partial charge in [-0.3, -0.25) is 4.79 Å². The molecule has 118 valence electrons. The minimum absolute atomic E-state index is 0.107. The third-order valence-corrected chi connectivity index (χ3v) is 3.91. The van der Waals surface area contributed by atoms with E-state index in [0.717, 1.165) is 32.3 Å². The lowest BCUT2D eigenvalue weighted by atomic mass is 10.1. The first-order valence-electron chi connectivity index (χ1n) is 8.16. The molecule has 0 aromatic rings. The Morgan fingerprint density at radius 2 is 2.00 bits per heavy atom. The van der Waals surface area contributed by atoms with Gasteiger partial charge in [0.05, 0.1) is 18.8 Å². The average Bonchev–Trinajstić information content (AvgIpc) is 2.67. The number of ether oxygens (including phenoxy) is 2. The Balaban J connectivity index is 2.11. The van der Waals surface area contributed by atoms with Crippen LogP contribution in [0.2, 0.25) is 0 Å². The van der Waals surface area contributed by atoms with Gasteiger partial charge < -0.3 is 14.8 Å². The summed E-state index contributed by atoms with van der Waals surface area (Å²) in [6, 6.07) is 0.107. The van der Waals surface area contributed by atoms with Gasteiger partial charge in [-0.25, -0.2) is 0 Å². The second kappa shape index (κ2) is 11.1. The minimum Gasteiger partial charge on any atom is -0.381 e. The molecular weight excluding hydrogens is 254 g/mol. The number of hydrogen-bond donors (Lipinski definition) is 1. The van der Waals surface area contributed by atoms with E-state index < -0.39 is 0 Å². The summed E-state index contributed by atoms with van der Waals surface area (Å²) in [7, 11) is 1.73. The Kier molecular flexibility index (Phi) is 9.67. The fourth-order valence-corrected chi connectivity index (χ4v) is 2.62. The maximum absolute atomic E-state index is 11.9. The Morgan fingerprint density at radius 3 is 2.75 bits per heavy atom. The van der Waals surface area contributed by atoms with E-state index in [4.69, 9.17) is 9.47 Å². The molecule has 1 heterocycles. The maximum atomic E-state index is 11.9. The molecule has 0 aromatic carbocycles. The number of hydrogen-bond acceptors (Lipinski definition) is 3. The highest BCUT2D eigenvalue weighted by atomic mass is 16.5. The van der Waals surface area contributed by atoms with E-state index in [-0.39, 0.29) is 18.1 Å². The van der Waals surface area contributed by atoms with Crippen LogP contribution < -0.4 is 5.32 Å². The molecule has 1 rings (SSSR count). The number of carbonyl (C=O) groups excluding carboxylic acids is 1. The van der Waals surface area contributed by atoms with Gasteiger partial charge in [-0.15, -0.1) is 0 Å². The molecule has 1 aliphatic rings. The molecule has 0 aromatic heterocycles. The van der Waals surface area contributed by atoms with Crippen LogP contribution in [0.15, 0.2) is 0 Å². The zero-order valence-corrected chi connectivity index (χ0v) is 13.2. The molecular formula is C16H31NO3. The van der Waals surface area contributed by atoms with Gasteiger partial charge >= 0.3 is 0 Å². The number of rotatable bonds is 9. The molecule has 2 atom stereocenters. The van der Waals surface area contributed by atoms with E-state index in [1.165, 1.54) is 25.7 Å². The van der Waals surface area contributed by atoms with Gasteiger partial charge in [0.1, 0.15) is 0 Å². The first-order valence-corrected chi connectivity index (χ1v) is 8.16. The lowest BCUT2D eigenvalue weighted by Gasteiger charge is -2.19. The molecule has 0 saturated carbocycles. The summed E-state index contributed by atoms with van der Waals surface area (Å²) < 4.78 is 10.9. The SMILES string of the molecule is CCCCCCCCC(=O)N[C@@H]1COCC[C@H](OC)C1. The summed E-state index contributed by atoms with van der Waals surface area (Å²) in [6.07, 6.45) is 9.90. The predicted molar refractivity (Wildman–Crippen MR) is 80.8 cm³/mol. The Hall–Kier alpha value is -0.610. The van der Waals surface area contributed by atoms with Crippen molar-refractivity contribution in [1.82, 2.24) is 5.32 Å². The normalized spacial score (nSPS) is 23.3. The quantitative estimate of drug-likeness (QED) is 0.662. The summed E-state index contributed by atoms with van der Waals surface area (Å²) >= 11 is 0. The number of methoxy groups -OCH3 is 1. The summed E-state index contributed by atoms with van der Waals surface area (Å²) in [5.74, 6) is 0.158. The van der Waals surface area contributed by atoms with E-state index in [1.54, 1.807) is 7.11 Å². The smallest absolute Gasteiger partial charge is 0.220 e. The highest BCUT2D eigenvalue weighted by molar-refractivity contribution is 5.76. The largest absolute Gasteiger partial charge is 0.381 e. The number of amides is 1. The number of carbonyl (C=O) groups is 1. The third kappa shape index (κ3) is 7.85. The van der Waals surface area contributed by atoms with E-state index in [9.17, 15) is 4.79 Å². The van der Waals surface area contributed by atoms with Crippen LogP contribution in [0.5, 0.6) is 0 Å². The number of nitrogens with one attached hydrogen (secondary N) is 1. The van der Waals surface area contributed by atoms with Crippen molar-refractivity contribution in [3.8, 4) is 0 Å². The van der Waals surface area contributed by atoms with Crippen LogP contribution in [0.4, 0.5) is 0 Å². The molecule has 0 unspecified atom stereocenters. The van der Waals surface area contributed by atoms with E-state index in [2.05, 4.69) is 12.2 Å². The highest BCUT2D eigenvalue weighted by Gasteiger charge is 2.21. The van der Waals surface area contributed by atoms with Crippen LogP contribution in [-0.2, 0) is 14.3 Å². The predicted octanol–water partition coefficient (Wildman–Crippen LogP) is 3.05. The third-order valence-electron chi connectivity index (χ3n) is 3.91. The molecule has 1 aliphatic heterocycles. The molecule has 1 fully saturated rings. The topological polar surface area (TPSA) is 47.6 Å². The second-order valence-corrected chi connectivity index (χ2v) is 5.74. The van der Waals surface area contributed by atoms with Crippen molar-refractivity contribution < 1.29 is 14.3 Å². The second-order valence-electron chi connectivity index (χ2n) is 5.74. The summed E-state index contributed by atoms with van der Waals surface area (Å²) in [4.78, 5) is 11.9. The molecule has 0 spiro atoms. The van der Waals surface area contributed by atoms with Crippen molar-refractivity contribution in [3.63, 3.8) is 0 Å². The fourth-order valence-electron chi connectivity index (χ4n) is 2.62. The van der Waals surface area contributed by atoms with Crippen molar-refractivity contribution in [3.05, 3.63) is 0 Å². The van der Waals surface area contributed by atoms with Crippen LogP contribution in [0, 0.1) is 0 Å². The van der Waals surface area contributed by atoms with Crippen LogP contribution in [-0.4, -0.2) is 38.4 Å². The fraction of sp³-hybridized carbons (Fsp3) is 0.938. The van der Waals surface area contributed by atoms with E-state index in [0.29, 0.717) is 13.0 Å². The van der Waals surface area contributed by atoms with Crippen molar-refractivity contribution in [2.45, 2.75) is 76.9 Å². The van der Waals surface area contributed by atoms with Crippen LogP contribution in [0.25, 0.3) is 0 Å². The van der Waals surface area contributed by atoms with E-state index in [1.807, 2.05) is 0 Å². The molecule has 0 radical (unpaired) electrons. The molecule has 0 bridgehead atoms. The van der Waals surface area contributed by atoms with Gasteiger partial charge in [-0.1, -0.05) is 39.0 Å². The summed E-state index contributed by atoms with van der Waals surface area (Å²) in [6.45, 7) is 3.56. The van der Waals surface area contributed by atoms with E-state index >= 15 is 0 Å².